The summed E-state index contributed by atoms with van der Waals surface area (Å²) in [7, 11) is 0. The molecule has 1 saturated carbocycles. The van der Waals surface area contributed by atoms with Crippen molar-refractivity contribution >= 4 is 30.6 Å². The lowest BCUT2D eigenvalue weighted by atomic mass is 9.79. The Morgan fingerprint density at radius 1 is 1.19 bits per heavy atom. The van der Waals surface area contributed by atoms with Crippen molar-refractivity contribution in [3.63, 3.8) is 0 Å². The second-order valence-electron chi connectivity index (χ2n) is 6.03. The molecule has 0 amide bonds. The van der Waals surface area contributed by atoms with Gasteiger partial charge in [-0.15, -0.1) is 24.8 Å². The highest BCUT2D eigenvalue weighted by atomic mass is 35.5. The van der Waals surface area contributed by atoms with E-state index in [0.29, 0.717) is 18.5 Å². The molecule has 0 atom stereocenters. The smallest absolute Gasteiger partial charge is 0.156 e. The number of anilines is 1. The van der Waals surface area contributed by atoms with E-state index >= 15 is 0 Å². The molecular weight excluding hydrogens is 375 g/mol. The van der Waals surface area contributed by atoms with Crippen molar-refractivity contribution in [2.75, 3.05) is 5.32 Å². The lowest BCUT2D eigenvalue weighted by molar-refractivity contribution is 0.345. The number of nitrogens with zero attached hydrogens (tertiary/aromatic N) is 4. The molecule has 3 aromatic rings. The fourth-order valence-corrected chi connectivity index (χ4v) is 2.82. The zero-order valence-corrected chi connectivity index (χ0v) is 15.5. The van der Waals surface area contributed by atoms with Gasteiger partial charge in [0.05, 0.1) is 6.54 Å². The largest absolute Gasteiger partial charge is 0.363 e. The Labute approximate surface area is 163 Å². The molecule has 7 nitrogen and oxygen atoms in total. The fourth-order valence-electron chi connectivity index (χ4n) is 2.82. The molecule has 3 N–H and O–H groups in total. The van der Waals surface area contributed by atoms with Crippen LogP contribution < -0.4 is 11.1 Å². The Morgan fingerprint density at radius 3 is 2.77 bits per heavy atom. The average molecular weight is 395 g/mol. The van der Waals surface area contributed by atoms with Crippen molar-refractivity contribution in [3.05, 3.63) is 54.4 Å². The van der Waals surface area contributed by atoms with Crippen LogP contribution in [0.4, 0.5) is 5.82 Å². The van der Waals surface area contributed by atoms with E-state index in [-0.39, 0.29) is 24.8 Å². The van der Waals surface area contributed by atoms with E-state index in [2.05, 4.69) is 25.4 Å². The average Bonchev–Trinajstić information content (AvgIpc) is 3.07. The molecule has 0 unspecified atom stereocenters. The first-order valence-electron chi connectivity index (χ1n) is 7.95. The molecule has 3 heterocycles. The Morgan fingerprint density at radius 2 is 2.04 bits per heavy atom. The van der Waals surface area contributed by atoms with Gasteiger partial charge in [0.25, 0.3) is 0 Å². The molecule has 9 heteroatoms. The van der Waals surface area contributed by atoms with Crippen LogP contribution in [0.2, 0.25) is 0 Å². The molecule has 0 aliphatic heterocycles. The molecule has 0 spiro atoms. The summed E-state index contributed by atoms with van der Waals surface area (Å²) in [5.74, 6) is 1.96. The van der Waals surface area contributed by atoms with Crippen molar-refractivity contribution in [2.24, 2.45) is 5.73 Å². The Hall–Kier alpha value is -2.22. The second kappa shape index (κ2) is 8.93. The molecule has 138 valence electrons. The molecule has 1 aliphatic rings. The maximum atomic E-state index is 5.85. The van der Waals surface area contributed by atoms with Crippen molar-refractivity contribution < 1.29 is 4.52 Å². The Balaban J connectivity index is 0.00000121. The highest BCUT2D eigenvalue weighted by Gasteiger charge is 2.28. The number of hydrogen-bond donors (Lipinski definition) is 2. The van der Waals surface area contributed by atoms with Crippen LogP contribution in [-0.4, -0.2) is 26.2 Å². The normalized spacial score (nSPS) is 18.2. The number of pyridine rings is 1. The highest BCUT2D eigenvalue weighted by Crippen LogP contribution is 2.34. The van der Waals surface area contributed by atoms with Crippen LogP contribution in [0.1, 0.15) is 30.2 Å². The van der Waals surface area contributed by atoms with Gasteiger partial charge in [-0.1, -0.05) is 5.16 Å². The van der Waals surface area contributed by atoms with E-state index in [9.17, 15) is 0 Å². The van der Waals surface area contributed by atoms with Crippen LogP contribution in [0, 0.1) is 0 Å². The first-order valence-corrected chi connectivity index (χ1v) is 7.95. The zero-order valence-electron chi connectivity index (χ0n) is 13.9. The summed E-state index contributed by atoms with van der Waals surface area (Å²) in [6.07, 6.45) is 7.06. The number of hydrogen-bond acceptors (Lipinski definition) is 7. The van der Waals surface area contributed by atoms with Crippen molar-refractivity contribution in [3.8, 4) is 11.3 Å². The van der Waals surface area contributed by atoms with E-state index in [0.717, 1.165) is 41.4 Å². The molecule has 4 rings (SSSR count). The number of rotatable bonds is 5. The molecular formula is C17H20Cl2N6O. The quantitative estimate of drug-likeness (QED) is 0.684. The molecule has 0 radical (unpaired) electrons. The van der Waals surface area contributed by atoms with E-state index in [1.807, 2.05) is 24.3 Å². The first kappa shape index (κ1) is 20.1. The van der Waals surface area contributed by atoms with E-state index in [4.69, 9.17) is 10.3 Å². The summed E-state index contributed by atoms with van der Waals surface area (Å²) in [5.41, 5.74) is 8.59. The Kier molecular flexibility index (Phi) is 6.90. The summed E-state index contributed by atoms with van der Waals surface area (Å²) >= 11 is 0. The maximum absolute atomic E-state index is 5.85. The van der Waals surface area contributed by atoms with Crippen molar-refractivity contribution in [1.82, 2.24) is 20.1 Å². The molecule has 0 saturated heterocycles. The molecule has 1 aliphatic carbocycles. The standard InChI is InChI=1S/C17H18N6O.2ClH/c18-13-4-12(5-13)15-7-17(22-10-21-15)20-9-14-6-16(23-24-14)11-2-1-3-19-8-11;;/h1-3,6-8,10,12-13H,4-5,9,18H2,(H,20,21,22);2*1H. The van der Waals surface area contributed by atoms with Gasteiger partial charge in [-0.25, -0.2) is 9.97 Å². The summed E-state index contributed by atoms with van der Waals surface area (Å²) in [6.45, 7) is 0.508. The minimum absolute atomic E-state index is 0. The van der Waals surface area contributed by atoms with Crippen LogP contribution in [0.3, 0.4) is 0 Å². The molecule has 1 fully saturated rings. The Bertz CT molecular complexity index is 823. The summed E-state index contributed by atoms with van der Waals surface area (Å²) < 4.78 is 5.36. The van der Waals surface area contributed by atoms with Crippen LogP contribution in [0.5, 0.6) is 0 Å². The second-order valence-corrected chi connectivity index (χ2v) is 6.03. The van der Waals surface area contributed by atoms with Gasteiger partial charge >= 0.3 is 0 Å². The highest BCUT2D eigenvalue weighted by molar-refractivity contribution is 5.85. The topological polar surface area (TPSA) is 103 Å². The lowest BCUT2D eigenvalue weighted by Gasteiger charge is -2.31. The van der Waals surface area contributed by atoms with Gasteiger partial charge in [0.2, 0.25) is 0 Å². The van der Waals surface area contributed by atoms with Gasteiger partial charge in [0, 0.05) is 47.7 Å². The maximum Gasteiger partial charge on any atom is 0.156 e. The van der Waals surface area contributed by atoms with Crippen LogP contribution in [0.15, 0.2) is 47.5 Å². The number of nitrogens with two attached hydrogens (primary N) is 1. The van der Waals surface area contributed by atoms with E-state index in [1.165, 1.54) is 0 Å². The van der Waals surface area contributed by atoms with Gasteiger partial charge < -0.3 is 15.6 Å². The minimum Gasteiger partial charge on any atom is -0.363 e. The predicted molar refractivity (Wildman–Crippen MR) is 104 cm³/mol. The third-order valence-electron chi connectivity index (χ3n) is 4.24. The summed E-state index contributed by atoms with van der Waals surface area (Å²) in [4.78, 5) is 12.7. The van der Waals surface area contributed by atoms with Gasteiger partial charge in [0.1, 0.15) is 17.8 Å². The number of nitrogens with one attached hydrogen (secondary N) is 1. The van der Waals surface area contributed by atoms with E-state index < -0.39 is 0 Å². The van der Waals surface area contributed by atoms with E-state index in [1.54, 1.807) is 18.7 Å². The first-order chi connectivity index (χ1) is 11.8. The van der Waals surface area contributed by atoms with Gasteiger partial charge in [-0.2, -0.15) is 0 Å². The minimum atomic E-state index is 0. The van der Waals surface area contributed by atoms with Crippen LogP contribution in [0.25, 0.3) is 11.3 Å². The van der Waals surface area contributed by atoms with Crippen molar-refractivity contribution in [1.29, 1.82) is 0 Å². The summed E-state index contributed by atoms with van der Waals surface area (Å²) in [5, 5.41) is 7.32. The third kappa shape index (κ3) is 4.49. The van der Waals surface area contributed by atoms with Crippen molar-refractivity contribution in [2.45, 2.75) is 31.3 Å². The molecule has 0 aromatic carbocycles. The lowest BCUT2D eigenvalue weighted by Crippen LogP contribution is -2.35. The number of aromatic nitrogens is 4. The zero-order chi connectivity index (χ0) is 16.4. The number of halogens is 2. The van der Waals surface area contributed by atoms with Gasteiger partial charge in [0.15, 0.2) is 5.76 Å². The van der Waals surface area contributed by atoms with Gasteiger partial charge in [-0.3, -0.25) is 4.98 Å². The molecule has 26 heavy (non-hydrogen) atoms. The van der Waals surface area contributed by atoms with Crippen LogP contribution >= 0.6 is 24.8 Å². The molecule has 3 aromatic heterocycles. The van der Waals surface area contributed by atoms with Gasteiger partial charge in [-0.05, 0) is 25.0 Å². The molecule has 0 bridgehead atoms. The fraction of sp³-hybridized carbons (Fsp3) is 0.294. The monoisotopic (exact) mass is 394 g/mol. The van der Waals surface area contributed by atoms with Crippen LogP contribution in [-0.2, 0) is 6.54 Å². The summed E-state index contributed by atoms with van der Waals surface area (Å²) in [6, 6.07) is 8.01. The SMILES string of the molecule is Cl.Cl.NC1CC(c2cc(NCc3cc(-c4cccnc4)no3)ncn2)C1. The predicted octanol–water partition coefficient (Wildman–Crippen LogP) is 3.19. The third-order valence-corrected chi connectivity index (χ3v) is 4.24.